The third kappa shape index (κ3) is 4.96. The summed E-state index contributed by atoms with van der Waals surface area (Å²) in [6.07, 6.45) is -0.0213. The van der Waals surface area contributed by atoms with E-state index in [-0.39, 0.29) is 31.0 Å². The number of esters is 1. The normalized spacial score (nSPS) is 9.90. The van der Waals surface area contributed by atoms with E-state index in [0.717, 1.165) is 0 Å². The lowest BCUT2D eigenvalue weighted by atomic mass is 10.2. The van der Waals surface area contributed by atoms with E-state index < -0.39 is 10.9 Å². The number of nitrogens with zero attached hydrogens (tertiary/aromatic N) is 1. The topological polar surface area (TPSA) is 98.5 Å². The van der Waals surface area contributed by atoms with Gasteiger partial charge in [-0.25, -0.2) is 0 Å². The van der Waals surface area contributed by atoms with E-state index in [1.54, 1.807) is 6.92 Å². The molecule has 1 aromatic carbocycles. The Bertz CT molecular complexity index is 533. The van der Waals surface area contributed by atoms with Gasteiger partial charge in [-0.15, -0.1) is 0 Å². The van der Waals surface area contributed by atoms with Gasteiger partial charge in [-0.05, 0) is 28.9 Å². The van der Waals surface area contributed by atoms with Gasteiger partial charge in [0.15, 0.2) is 0 Å². The van der Waals surface area contributed by atoms with Crippen LogP contribution in [-0.4, -0.2) is 23.4 Å². The van der Waals surface area contributed by atoms with Crippen molar-refractivity contribution >= 4 is 39.2 Å². The fourth-order valence-corrected chi connectivity index (χ4v) is 1.85. The van der Waals surface area contributed by atoms with Crippen LogP contribution < -0.4 is 5.32 Å². The Morgan fingerprint density at radius 2 is 2.10 bits per heavy atom. The minimum atomic E-state index is -0.531. The number of carbonyl (C=O) groups is 2. The molecule has 0 saturated carbocycles. The van der Waals surface area contributed by atoms with E-state index in [9.17, 15) is 19.7 Å². The van der Waals surface area contributed by atoms with Gasteiger partial charge in [0.25, 0.3) is 5.69 Å². The molecule has 0 heterocycles. The predicted molar refractivity (Wildman–Crippen MR) is 75.3 cm³/mol. The van der Waals surface area contributed by atoms with Crippen LogP contribution in [0.5, 0.6) is 0 Å². The van der Waals surface area contributed by atoms with Crippen molar-refractivity contribution < 1.29 is 19.2 Å². The zero-order chi connectivity index (χ0) is 15.1. The lowest BCUT2D eigenvalue weighted by Crippen LogP contribution is -2.14. The smallest absolute Gasteiger partial charge is 0.306 e. The number of nitrogens with one attached hydrogen (secondary N) is 1. The summed E-state index contributed by atoms with van der Waals surface area (Å²) in [5, 5.41) is 13.1. The summed E-state index contributed by atoms with van der Waals surface area (Å²) >= 11 is 3.14. The fourth-order valence-electron chi connectivity index (χ4n) is 1.38. The summed E-state index contributed by atoms with van der Waals surface area (Å²) in [4.78, 5) is 32.8. The highest BCUT2D eigenvalue weighted by Gasteiger charge is 2.12. The van der Waals surface area contributed by atoms with Crippen molar-refractivity contribution in [1.29, 1.82) is 0 Å². The highest BCUT2D eigenvalue weighted by molar-refractivity contribution is 9.10. The second-order valence-corrected chi connectivity index (χ2v) is 4.63. The van der Waals surface area contributed by atoms with Crippen LogP contribution in [-0.2, 0) is 14.3 Å². The fraction of sp³-hybridized carbons (Fsp3) is 0.333. The average molecular weight is 345 g/mol. The number of nitro groups is 1. The molecule has 0 radical (unpaired) electrons. The monoisotopic (exact) mass is 344 g/mol. The van der Waals surface area contributed by atoms with Crippen LogP contribution in [0.15, 0.2) is 22.7 Å². The standard InChI is InChI=1S/C12H13BrN2O5/c1-2-20-12(17)6-5-11(16)14-10-4-3-8(15(18)19)7-9(10)13/h3-4,7H,2,5-6H2,1H3,(H,14,16). The van der Waals surface area contributed by atoms with Gasteiger partial charge >= 0.3 is 5.97 Å². The molecule has 7 nitrogen and oxygen atoms in total. The van der Waals surface area contributed by atoms with Gasteiger partial charge in [-0.2, -0.15) is 0 Å². The van der Waals surface area contributed by atoms with Crippen molar-refractivity contribution in [2.24, 2.45) is 0 Å². The van der Waals surface area contributed by atoms with Crippen molar-refractivity contribution in [3.05, 3.63) is 32.8 Å². The van der Waals surface area contributed by atoms with E-state index in [0.29, 0.717) is 10.2 Å². The van der Waals surface area contributed by atoms with Crippen LogP contribution in [0.2, 0.25) is 0 Å². The van der Waals surface area contributed by atoms with Gasteiger partial charge in [-0.3, -0.25) is 19.7 Å². The van der Waals surface area contributed by atoms with Crippen molar-refractivity contribution in [3.63, 3.8) is 0 Å². The average Bonchev–Trinajstić information content (AvgIpc) is 2.39. The number of hydrogen-bond donors (Lipinski definition) is 1. The molecule has 0 aromatic heterocycles. The molecule has 1 rings (SSSR count). The molecule has 0 aliphatic rings. The maximum atomic E-state index is 11.6. The molecule has 0 aliphatic carbocycles. The predicted octanol–water partition coefficient (Wildman–Crippen LogP) is 2.64. The summed E-state index contributed by atoms with van der Waals surface area (Å²) < 4.78 is 5.10. The van der Waals surface area contributed by atoms with Crippen LogP contribution in [0, 0.1) is 10.1 Å². The Labute approximate surface area is 123 Å². The molecule has 1 amide bonds. The van der Waals surface area contributed by atoms with Gasteiger partial charge < -0.3 is 10.1 Å². The Morgan fingerprint density at radius 1 is 1.40 bits per heavy atom. The van der Waals surface area contributed by atoms with E-state index in [4.69, 9.17) is 4.74 Å². The Balaban J connectivity index is 2.58. The summed E-state index contributed by atoms with van der Waals surface area (Å²) in [5.41, 5.74) is 0.325. The number of benzene rings is 1. The molecular formula is C12H13BrN2O5. The summed E-state index contributed by atoms with van der Waals surface area (Å²) in [6, 6.07) is 4.00. The SMILES string of the molecule is CCOC(=O)CCC(=O)Nc1ccc([N+](=O)[O-])cc1Br. The molecule has 0 atom stereocenters. The zero-order valence-electron chi connectivity index (χ0n) is 10.7. The summed E-state index contributed by atoms with van der Waals surface area (Å²) in [7, 11) is 0. The van der Waals surface area contributed by atoms with Crippen molar-refractivity contribution in [3.8, 4) is 0 Å². The molecule has 0 fully saturated rings. The third-order valence-electron chi connectivity index (χ3n) is 2.30. The first kappa shape index (κ1) is 16.1. The molecule has 8 heteroatoms. The van der Waals surface area contributed by atoms with Crippen LogP contribution in [0.25, 0.3) is 0 Å². The minimum Gasteiger partial charge on any atom is -0.466 e. The number of nitro benzene ring substituents is 1. The first-order valence-corrected chi connectivity index (χ1v) is 6.62. The second-order valence-electron chi connectivity index (χ2n) is 3.77. The number of hydrogen-bond acceptors (Lipinski definition) is 5. The van der Waals surface area contributed by atoms with E-state index in [1.165, 1.54) is 18.2 Å². The molecule has 0 unspecified atom stereocenters. The minimum absolute atomic E-state index is 0.00965. The molecule has 1 aromatic rings. The van der Waals surface area contributed by atoms with Crippen LogP contribution >= 0.6 is 15.9 Å². The molecule has 20 heavy (non-hydrogen) atoms. The van der Waals surface area contributed by atoms with Gasteiger partial charge in [0.2, 0.25) is 5.91 Å². The number of halogens is 1. The number of rotatable bonds is 6. The molecule has 1 N–H and O–H groups in total. The van der Waals surface area contributed by atoms with Crippen molar-refractivity contribution in [2.45, 2.75) is 19.8 Å². The molecule has 0 bridgehead atoms. The van der Waals surface area contributed by atoms with E-state index >= 15 is 0 Å². The number of non-ortho nitro benzene ring substituents is 1. The van der Waals surface area contributed by atoms with Crippen LogP contribution in [0.1, 0.15) is 19.8 Å². The number of anilines is 1. The maximum Gasteiger partial charge on any atom is 0.306 e. The van der Waals surface area contributed by atoms with E-state index in [2.05, 4.69) is 21.2 Å². The number of ether oxygens (including phenoxy) is 1. The van der Waals surface area contributed by atoms with Gasteiger partial charge in [0.05, 0.1) is 23.6 Å². The Morgan fingerprint density at radius 3 is 2.65 bits per heavy atom. The maximum absolute atomic E-state index is 11.6. The quantitative estimate of drug-likeness (QED) is 0.485. The molecule has 108 valence electrons. The highest BCUT2D eigenvalue weighted by Crippen LogP contribution is 2.27. The van der Waals surface area contributed by atoms with Crippen molar-refractivity contribution in [2.75, 3.05) is 11.9 Å². The molecule has 0 saturated heterocycles. The van der Waals surface area contributed by atoms with E-state index in [1.807, 2.05) is 0 Å². The van der Waals surface area contributed by atoms with Gasteiger partial charge in [-0.1, -0.05) is 0 Å². The lowest BCUT2D eigenvalue weighted by Gasteiger charge is -2.07. The van der Waals surface area contributed by atoms with Gasteiger partial charge in [0.1, 0.15) is 0 Å². The lowest BCUT2D eigenvalue weighted by molar-refractivity contribution is -0.384. The van der Waals surface area contributed by atoms with Crippen molar-refractivity contribution in [1.82, 2.24) is 0 Å². The number of amides is 1. The second kappa shape index (κ2) is 7.59. The third-order valence-corrected chi connectivity index (χ3v) is 2.96. The first-order valence-electron chi connectivity index (χ1n) is 5.83. The highest BCUT2D eigenvalue weighted by atomic mass is 79.9. The largest absolute Gasteiger partial charge is 0.466 e. The molecule has 0 spiro atoms. The van der Waals surface area contributed by atoms with Gasteiger partial charge in [0, 0.05) is 23.0 Å². The Kier molecular flexibility index (Phi) is 6.10. The summed E-state index contributed by atoms with van der Waals surface area (Å²) in [6.45, 7) is 1.96. The van der Waals surface area contributed by atoms with Crippen LogP contribution in [0.3, 0.4) is 0 Å². The summed E-state index contributed by atoms with van der Waals surface area (Å²) in [5.74, 6) is -0.807. The zero-order valence-corrected chi connectivity index (χ0v) is 12.3. The number of carbonyl (C=O) groups excluding carboxylic acids is 2. The molecule has 0 aliphatic heterocycles. The van der Waals surface area contributed by atoms with Crippen LogP contribution in [0.4, 0.5) is 11.4 Å². The molecular weight excluding hydrogens is 332 g/mol. The first-order chi connectivity index (χ1) is 9.43. The Hall–Kier alpha value is -1.96.